The summed E-state index contributed by atoms with van der Waals surface area (Å²) in [6, 6.07) is 2.58. The van der Waals surface area contributed by atoms with E-state index in [0.29, 0.717) is 11.3 Å². The lowest BCUT2D eigenvalue weighted by Gasteiger charge is -2.14. The molecule has 100 valence electrons. The lowest BCUT2D eigenvalue weighted by Crippen LogP contribution is -2.07. The average Bonchev–Trinajstić information content (AvgIpc) is 2.24. The monoisotopic (exact) mass is 272 g/mol. The molecule has 1 rings (SSSR count). The number of hydrogen-bond donors (Lipinski definition) is 1. The van der Waals surface area contributed by atoms with Gasteiger partial charge in [-0.3, -0.25) is 0 Å². The van der Waals surface area contributed by atoms with Gasteiger partial charge in [-0.2, -0.15) is 0 Å². The van der Waals surface area contributed by atoms with E-state index in [2.05, 4.69) is 9.71 Å². The Morgan fingerprint density at radius 3 is 2.11 bits per heavy atom. The molecule has 0 aliphatic carbocycles. The molecule has 0 aliphatic heterocycles. The van der Waals surface area contributed by atoms with Crippen molar-refractivity contribution in [1.82, 2.24) is 0 Å². The highest BCUT2D eigenvalue weighted by atomic mass is 32.2. The number of rotatable bonds is 3. The molecule has 0 bridgehead atoms. The number of halogens is 2. The quantitative estimate of drug-likeness (QED) is 0.656. The molecule has 1 aromatic rings. The van der Waals surface area contributed by atoms with Crippen molar-refractivity contribution >= 4 is 23.3 Å². The van der Waals surface area contributed by atoms with E-state index >= 15 is 0 Å². The van der Waals surface area contributed by atoms with Gasteiger partial charge in [0.05, 0.1) is 5.71 Å². The maximum Gasteiger partial charge on any atom is 0.149 e. The first kappa shape index (κ1) is 15.0. The first-order valence-corrected chi connectivity index (χ1v) is 6.42. The minimum Gasteiger partial charge on any atom is -0.383 e. The summed E-state index contributed by atoms with van der Waals surface area (Å²) < 4.78 is 31.4. The number of hydrogen-bond acceptors (Lipinski definition) is 3. The Bertz CT molecular complexity index is 442. The maximum absolute atomic E-state index is 13.6. The van der Waals surface area contributed by atoms with E-state index in [0.717, 1.165) is 0 Å². The van der Waals surface area contributed by atoms with Crippen molar-refractivity contribution in [2.75, 3.05) is 12.4 Å². The highest BCUT2D eigenvalue weighted by molar-refractivity contribution is 7.99. The van der Waals surface area contributed by atoms with Gasteiger partial charge >= 0.3 is 0 Å². The first-order valence-electron chi connectivity index (χ1n) is 5.64. The van der Waals surface area contributed by atoms with Crippen molar-refractivity contribution in [2.24, 2.45) is 4.40 Å². The minimum absolute atomic E-state index is 0.0245. The van der Waals surface area contributed by atoms with Gasteiger partial charge in [-0.05, 0) is 51.8 Å². The third-order valence-electron chi connectivity index (χ3n) is 2.17. The van der Waals surface area contributed by atoms with Gasteiger partial charge in [-0.1, -0.05) is 0 Å². The standard InChI is InChI=1S/C13H18F2N2S/c1-8(17-18-13(2,3)4)9-6-10(14)12(16-5)11(15)7-9/h6-7,16H,1-5H3. The highest BCUT2D eigenvalue weighted by Crippen LogP contribution is 2.26. The van der Waals surface area contributed by atoms with Crippen LogP contribution in [0.1, 0.15) is 33.3 Å². The molecule has 0 atom stereocenters. The molecule has 18 heavy (non-hydrogen) atoms. The zero-order valence-electron chi connectivity index (χ0n) is 11.3. The van der Waals surface area contributed by atoms with E-state index in [-0.39, 0.29) is 10.4 Å². The summed E-state index contributed by atoms with van der Waals surface area (Å²) in [4.78, 5) is 0. The van der Waals surface area contributed by atoms with Gasteiger partial charge in [0.2, 0.25) is 0 Å². The Hall–Kier alpha value is -1.10. The topological polar surface area (TPSA) is 24.4 Å². The number of nitrogens with one attached hydrogen (secondary N) is 1. The summed E-state index contributed by atoms with van der Waals surface area (Å²) >= 11 is 1.39. The second-order valence-electron chi connectivity index (χ2n) is 4.95. The van der Waals surface area contributed by atoms with E-state index in [1.165, 1.54) is 31.1 Å². The fourth-order valence-electron chi connectivity index (χ4n) is 1.28. The van der Waals surface area contributed by atoms with Crippen LogP contribution in [0.15, 0.2) is 16.5 Å². The molecule has 0 heterocycles. The van der Waals surface area contributed by atoms with Crippen molar-refractivity contribution < 1.29 is 8.78 Å². The van der Waals surface area contributed by atoms with E-state index in [1.807, 2.05) is 20.8 Å². The number of nitrogens with zero attached hydrogens (tertiary/aromatic N) is 1. The lowest BCUT2D eigenvalue weighted by atomic mass is 10.1. The van der Waals surface area contributed by atoms with Crippen LogP contribution in [-0.2, 0) is 0 Å². The molecule has 0 saturated carbocycles. The molecule has 0 unspecified atom stereocenters. The van der Waals surface area contributed by atoms with Crippen LogP contribution in [0.4, 0.5) is 14.5 Å². The summed E-state index contributed by atoms with van der Waals surface area (Å²) in [5, 5.41) is 2.49. The van der Waals surface area contributed by atoms with Crippen LogP contribution in [0.5, 0.6) is 0 Å². The Morgan fingerprint density at radius 1 is 1.22 bits per heavy atom. The second-order valence-corrected chi connectivity index (χ2v) is 6.54. The van der Waals surface area contributed by atoms with Gasteiger partial charge in [-0.25, -0.2) is 13.2 Å². The van der Waals surface area contributed by atoms with Gasteiger partial charge in [0.15, 0.2) is 0 Å². The normalized spacial score (nSPS) is 12.7. The largest absolute Gasteiger partial charge is 0.383 e. The van der Waals surface area contributed by atoms with Crippen LogP contribution < -0.4 is 5.32 Å². The Kier molecular flexibility index (Phi) is 4.73. The van der Waals surface area contributed by atoms with Crippen molar-refractivity contribution in [1.29, 1.82) is 0 Å². The predicted molar refractivity (Wildman–Crippen MR) is 75.5 cm³/mol. The lowest BCUT2D eigenvalue weighted by molar-refractivity contribution is 0.589. The number of anilines is 1. The molecule has 0 aromatic heterocycles. The van der Waals surface area contributed by atoms with Gasteiger partial charge in [0.25, 0.3) is 0 Å². The molecule has 2 nitrogen and oxygen atoms in total. The molecule has 0 fully saturated rings. The molecule has 0 radical (unpaired) electrons. The minimum atomic E-state index is -0.609. The zero-order chi connectivity index (χ0) is 13.9. The van der Waals surface area contributed by atoms with Gasteiger partial charge in [0.1, 0.15) is 17.3 Å². The summed E-state index contributed by atoms with van der Waals surface area (Å²) in [6.45, 7) is 7.82. The summed E-state index contributed by atoms with van der Waals surface area (Å²) in [7, 11) is 1.48. The molecule has 0 saturated heterocycles. The zero-order valence-corrected chi connectivity index (χ0v) is 12.1. The highest BCUT2D eigenvalue weighted by Gasteiger charge is 2.13. The molecule has 0 amide bonds. The summed E-state index contributed by atoms with van der Waals surface area (Å²) in [5.41, 5.74) is 0.950. The SMILES string of the molecule is CNc1c(F)cc(C(C)=NSC(C)(C)C)cc1F. The van der Waals surface area contributed by atoms with E-state index in [9.17, 15) is 8.78 Å². The van der Waals surface area contributed by atoms with Crippen LogP contribution in [-0.4, -0.2) is 17.5 Å². The van der Waals surface area contributed by atoms with Gasteiger partial charge in [0, 0.05) is 17.4 Å². The van der Waals surface area contributed by atoms with Crippen LogP contribution in [0.25, 0.3) is 0 Å². The van der Waals surface area contributed by atoms with Crippen molar-refractivity contribution in [2.45, 2.75) is 32.4 Å². The second kappa shape index (κ2) is 5.69. The van der Waals surface area contributed by atoms with Gasteiger partial charge < -0.3 is 5.32 Å². The molecular weight excluding hydrogens is 254 g/mol. The summed E-state index contributed by atoms with van der Waals surface area (Å²) in [5.74, 6) is -1.22. The van der Waals surface area contributed by atoms with E-state index < -0.39 is 11.6 Å². The summed E-state index contributed by atoms with van der Waals surface area (Å²) in [6.07, 6.45) is 0. The van der Waals surface area contributed by atoms with Crippen molar-refractivity contribution in [3.63, 3.8) is 0 Å². The molecule has 0 aliphatic rings. The first-order chi connectivity index (χ1) is 8.24. The predicted octanol–water partition coefficient (Wildman–Crippen LogP) is 4.26. The van der Waals surface area contributed by atoms with Crippen LogP contribution in [0, 0.1) is 11.6 Å². The third kappa shape index (κ3) is 3.98. The smallest absolute Gasteiger partial charge is 0.149 e. The van der Waals surface area contributed by atoms with Crippen LogP contribution >= 0.6 is 11.9 Å². The molecule has 1 aromatic carbocycles. The average molecular weight is 272 g/mol. The fourth-order valence-corrected chi connectivity index (χ4v) is 1.80. The third-order valence-corrected chi connectivity index (χ3v) is 3.08. The van der Waals surface area contributed by atoms with E-state index in [4.69, 9.17) is 0 Å². The van der Waals surface area contributed by atoms with Crippen molar-refractivity contribution in [3.8, 4) is 0 Å². The molecule has 1 N–H and O–H groups in total. The Morgan fingerprint density at radius 2 is 1.72 bits per heavy atom. The van der Waals surface area contributed by atoms with Gasteiger partial charge in [-0.15, -0.1) is 0 Å². The molecular formula is C13H18F2N2S. The number of benzene rings is 1. The Balaban J connectivity index is 3.04. The van der Waals surface area contributed by atoms with Crippen molar-refractivity contribution in [3.05, 3.63) is 29.3 Å². The van der Waals surface area contributed by atoms with Crippen LogP contribution in [0.3, 0.4) is 0 Å². The van der Waals surface area contributed by atoms with E-state index in [1.54, 1.807) is 6.92 Å². The Labute approximate surface area is 111 Å². The molecule has 0 spiro atoms. The maximum atomic E-state index is 13.6. The fraction of sp³-hybridized carbons (Fsp3) is 0.462. The molecule has 5 heteroatoms. The van der Waals surface area contributed by atoms with Crippen LogP contribution in [0.2, 0.25) is 0 Å².